The number of ether oxygens (including phenoxy) is 1. The maximum Gasteiger partial charge on any atom is 0.329 e. The van der Waals surface area contributed by atoms with E-state index in [0.717, 1.165) is 22.3 Å². The molecule has 0 fully saturated rings. The highest BCUT2D eigenvalue weighted by molar-refractivity contribution is 5.75. The van der Waals surface area contributed by atoms with Gasteiger partial charge in [0.2, 0.25) is 0 Å². The number of aliphatic hydroxyl groups is 1. The molecule has 0 radical (unpaired) electrons. The van der Waals surface area contributed by atoms with E-state index in [0.29, 0.717) is 6.54 Å². The Bertz CT molecular complexity index is 895. The van der Waals surface area contributed by atoms with Crippen molar-refractivity contribution in [2.45, 2.75) is 33.0 Å². The van der Waals surface area contributed by atoms with E-state index in [1.165, 1.54) is 0 Å². The minimum atomic E-state index is -0.765. The van der Waals surface area contributed by atoms with Crippen LogP contribution in [0.2, 0.25) is 0 Å². The van der Waals surface area contributed by atoms with Crippen LogP contribution in [0.15, 0.2) is 53.3 Å². The predicted molar refractivity (Wildman–Crippen MR) is 94.6 cm³/mol. The van der Waals surface area contributed by atoms with Gasteiger partial charge in [0.1, 0.15) is 18.5 Å². The van der Waals surface area contributed by atoms with E-state index in [1.807, 2.05) is 62.4 Å². The molecule has 5 heteroatoms. The molecule has 0 amide bonds. The van der Waals surface area contributed by atoms with Crippen molar-refractivity contribution in [2.24, 2.45) is 0 Å². The molecule has 3 rings (SSSR count). The first-order valence-corrected chi connectivity index (χ1v) is 8.15. The summed E-state index contributed by atoms with van der Waals surface area (Å²) in [5.74, 6) is 0.720. The van der Waals surface area contributed by atoms with Crippen LogP contribution in [-0.2, 0) is 13.1 Å². The third-order valence-corrected chi connectivity index (χ3v) is 4.07. The van der Waals surface area contributed by atoms with Crippen molar-refractivity contribution in [1.29, 1.82) is 0 Å². The van der Waals surface area contributed by atoms with Crippen LogP contribution < -0.4 is 10.4 Å². The van der Waals surface area contributed by atoms with E-state index in [1.54, 1.807) is 9.13 Å². The summed E-state index contributed by atoms with van der Waals surface area (Å²) in [6.45, 7) is 4.87. The maximum atomic E-state index is 12.5. The van der Waals surface area contributed by atoms with Gasteiger partial charge >= 0.3 is 5.69 Å². The van der Waals surface area contributed by atoms with Gasteiger partial charge in [0.15, 0.2) is 0 Å². The molecule has 0 spiro atoms. The minimum Gasteiger partial charge on any atom is -0.491 e. The second-order valence-corrected chi connectivity index (χ2v) is 5.91. The van der Waals surface area contributed by atoms with Crippen LogP contribution in [0.1, 0.15) is 12.5 Å². The third kappa shape index (κ3) is 3.21. The molecule has 126 valence electrons. The molecule has 0 aliphatic rings. The largest absolute Gasteiger partial charge is 0.491 e. The van der Waals surface area contributed by atoms with E-state index in [2.05, 4.69) is 0 Å². The van der Waals surface area contributed by atoms with Crippen molar-refractivity contribution in [3.8, 4) is 5.75 Å². The standard InChI is InChI=1S/C19H22N2O3/c1-3-20-17-9-4-5-10-18(17)21(19(20)23)12-15(22)13-24-16-8-6-7-14(2)11-16/h4-11,15,22H,3,12-13H2,1-2H3/t15-/m0/s1. The fourth-order valence-electron chi connectivity index (χ4n) is 2.92. The summed E-state index contributed by atoms with van der Waals surface area (Å²) in [5.41, 5.74) is 2.72. The Hall–Kier alpha value is -2.53. The smallest absolute Gasteiger partial charge is 0.329 e. The molecule has 1 N–H and O–H groups in total. The Morgan fingerprint density at radius 2 is 1.79 bits per heavy atom. The number of benzene rings is 2. The molecule has 2 aromatic carbocycles. The molecule has 24 heavy (non-hydrogen) atoms. The molecule has 0 saturated heterocycles. The van der Waals surface area contributed by atoms with Gasteiger partial charge in [-0.3, -0.25) is 9.13 Å². The highest BCUT2D eigenvalue weighted by atomic mass is 16.5. The van der Waals surface area contributed by atoms with Crippen LogP contribution >= 0.6 is 0 Å². The molecule has 1 aromatic heterocycles. The van der Waals surface area contributed by atoms with E-state index < -0.39 is 6.10 Å². The van der Waals surface area contributed by atoms with Crippen LogP contribution in [0.25, 0.3) is 11.0 Å². The zero-order chi connectivity index (χ0) is 17.1. The molecule has 0 unspecified atom stereocenters. The maximum absolute atomic E-state index is 12.5. The second kappa shape index (κ2) is 6.93. The summed E-state index contributed by atoms with van der Waals surface area (Å²) < 4.78 is 8.96. The van der Waals surface area contributed by atoms with Crippen molar-refractivity contribution < 1.29 is 9.84 Å². The minimum absolute atomic E-state index is 0.103. The third-order valence-electron chi connectivity index (χ3n) is 4.07. The number of aromatic nitrogens is 2. The quantitative estimate of drug-likeness (QED) is 0.757. The molecule has 0 saturated carbocycles. The van der Waals surface area contributed by atoms with Crippen molar-refractivity contribution in [1.82, 2.24) is 9.13 Å². The monoisotopic (exact) mass is 326 g/mol. The van der Waals surface area contributed by atoms with E-state index in [9.17, 15) is 9.90 Å². The van der Waals surface area contributed by atoms with E-state index in [-0.39, 0.29) is 18.8 Å². The van der Waals surface area contributed by atoms with Gasteiger partial charge in [0.25, 0.3) is 0 Å². The summed E-state index contributed by atoms with van der Waals surface area (Å²) >= 11 is 0. The molecule has 1 heterocycles. The Kier molecular flexibility index (Phi) is 4.71. The lowest BCUT2D eigenvalue weighted by Gasteiger charge is -2.13. The summed E-state index contributed by atoms with van der Waals surface area (Å²) in [4.78, 5) is 12.5. The fraction of sp³-hybridized carbons (Fsp3) is 0.316. The lowest BCUT2D eigenvalue weighted by atomic mass is 10.2. The zero-order valence-electron chi connectivity index (χ0n) is 14.0. The van der Waals surface area contributed by atoms with Gasteiger partial charge in [-0.2, -0.15) is 0 Å². The van der Waals surface area contributed by atoms with Gasteiger partial charge < -0.3 is 9.84 Å². The van der Waals surface area contributed by atoms with Crippen LogP contribution in [0.4, 0.5) is 0 Å². The average Bonchev–Trinajstić information content (AvgIpc) is 2.85. The summed E-state index contributed by atoms with van der Waals surface area (Å²) in [5, 5.41) is 10.3. The summed E-state index contributed by atoms with van der Waals surface area (Å²) in [6, 6.07) is 15.3. The summed E-state index contributed by atoms with van der Waals surface area (Å²) in [7, 11) is 0. The van der Waals surface area contributed by atoms with Gasteiger partial charge in [-0.15, -0.1) is 0 Å². The lowest BCUT2D eigenvalue weighted by Crippen LogP contribution is -2.31. The van der Waals surface area contributed by atoms with Crippen molar-refractivity contribution in [2.75, 3.05) is 6.61 Å². The topological polar surface area (TPSA) is 56.4 Å². The second-order valence-electron chi connectivity index (χ2n) is 5.91. The normalized spacial score (nSPS) is 12.5. The van der Waals surface area contributed by atoms with Crippen LogP contribution in [-0.4, -0.2) is 27.0 Å². The van der Waals surface area contributed by atoms with Gasteiger partial charge in [-0.25, -0.2) is 4.79 Å². The highest BCUT2D eigenvalue weighted by Gasteiger charge is 2.15. The van der Waals surface area contributed by atoms with Crippen LogP contribution in [0.3, 0.4) is 0 Å². The molecule has 0 aliphatic carbocycles. The average molecular weight is 326 g/mol. The van der Waals surface area contributed by atoms with Gasteiger partial charge in [0.05, 0.1) is 17.6 Å². The number of rotatable bonds is 6. The SMILES string of the molecule is CCn1c(=O)n(C[C@H](O)COc2cccc(C)c2)c2ccccc21. The number of hydrogen-bond donors (Lipinski definition) is 1. The van der Waals surface area contributed by atoms with Gasteiger partial charge in [-0.05, 0) is 43.7 Å². The number of aliphatic hydroxyl groups excluding tert-OH is 1. The molecule has 0 bridgehead atoms. The Morgan fingerprint density at radius 3 is 2.46 bits per heavy atom. The molecular weight excluding hydrogens is 304 g/mol. The number of fused-ring (bicyclic) bond motifs is 1. The highest BCUT2D eigenvalue weighted by Crippen LogP contribution is 2.15. The first kappa shape index (κ1) is 16.3. The zero-order valence-corrected chi connectivity index (χ0v) is 14.0. The van der Waals surface area contributed by atoms with Crippen molar-refractivity contribution >= 4 is 11.0 Å². The summed E-state index contributed by atoms with van der Waals surface area (Å²) in [6.07, 6.45) is -0.765. The molecule has 3 aromatic rings. The predicted octanol–water partition coefficient (Wildman–Crippen LogP) is 2.57. The first-order chi connectivity index (χ1) is 11.6. The van der Waals surface area contributed by atoms with Gasteiger partial charge in [-0.1, -0.05) is 24.3 Å². The number of imidazole rings is 1. The first-order valence-electron chi connectivity index (χ1n) is 8.15. The lowest BCUT2D eigenvalue weighted by molar-refractivity contribution is 0.0924. The molecule has 0 aliphatic heterocycles. The Labute approximate surface area is 140 Å². The fourth-order valence-corrected chi connectivity index (χ4v) is 2.92. The van der Waals surface area contributed by atoms with Gasteiger partial charge in [0, 0.05) is 6.54 Å². The number of para-hydroxylation sites is 2. The Balaban J connectivity index is 1.77. The van der Waals surface area contributed by atoms with E-state index in [4.69, 9.17) is 4.74 Å². The number of nitrogens with zero attached hydrogens (tertiary/aromatic N) is 2. The molecule has 1 atom stereocenters. The van der Waals surface area contributed by atoms with E-state index >= 15 is 0 Å². The van der Waals surface area contributed by atoms with Crippen molar-refractivity contribution in [3.05, 3.63) is 64.6 Å². The number of hydrogen-bond acceptors (Lipinski definition) is 3. The number of aryl methyl sites for hydroxylation is 2. The van der Waals surface area contributed by atoms with Crippen LogP contribution in [0.5, 0.6) is 5.75 Å². The molecular formula is C19H22N2O3. The van der Waals surface area contributed by atoms with Crippen molar-refractivity contribution in [3.63, 3.8) is 0 Å². The Morgan fingerprint density at radius 1 is 1.08 bits per heavy atom. The van der Waals surface area contributed by atoms with Crippen LogP contribution in [0, 0.1) is 6.92 Å². The molecule has 5 nitrogen and oxygen atoms in total.